The summed E-state index contributed by atoms with van der Waals surface area (Å²) < 4.78 is 41.8. The van der Waals surface area contributed by atoms with E-state index in [0.717, 1.165) is 0 Å². The molecule has 12 radical (unpaired) electrons. The Hall–Kier alpha value is -3.33. The van der Waals surface area contributed by atoms with Crippen LogP contribution in [0.25, 0.3) is 0 Å². The van der Waals surface area contributed by atoms with Crippen LogP contribution in [-0.2, 0) is 52.5 Å². The van der Waals surface area contributed by atoms with Gasteiger partial charge in [-0.25, -0.2) is 14.4 Å². The minimum absolute atomic E-state index is 0. The van der Waals surface area contributed by atoms with E-state index in [4.69, 9.17) is 78.0 Å². The van der Waals surface area contributed by atoms with Gasteiger partial charge in [-0.3, -0.25) is 14.4 Å². The molecule has 0 saturated carbocycles. The Morgan fingerprint density at radius 2 is 0.824 bits per heavy atom. The largest absolute Gasteiger partial charge is 0.478 e. The van der Waals surface area contributed by atoms with Crippen LogP contribution < -0.4 is 16.0 Å². The van der Waals surface area contributed by atoms with Gasteiger partial charge in [0.25, 0.3) is 0 Å². The average Bonchev–Trinajstić information content (AvgIpc) is 0.876. The summed E-state index contributed by atoms with van der Waals surface area (Å²) in [5, 5.41) is 36.8. The van der Waals surface area contributed by atoms with Crippen molar-refractivity contribution in [2.24, 2.45) is 17.8 Å². The number of hydrogen-bond donors (Lipinski definition) is 8. The molecule has 91 heavy (non-hydrogen) atoms. The summed E-state index contributed by atoms with van der Waals surface area (Å²) >= 11 is 7.06. The molecule has 3 amide bonds. The fraction of sp³-hybridized carbons (Fsp3) is 0.742. The summed E-state index contributed by atoms with van der Waals surface area (Å²) in [4.78, 5) is 70.0. The van der Waals surface area contributed by atoms with Crippen molar-refractivity contribution < 1.29 is 70.5 Å². The number of allylic oxidation sites excluding steroid dienone is 2. The Morgan fingerprint density at radius 3 is 1.04 bits per heavy atom. The number of carboxylic acids is 1. The number of aliphatic carboxylic acids is 1. The van der Waals surface area contributed by atoms with E-state index in [1.807, 2.05) is 41.5 Å². The summed E-state index contributed by atoms with van der Waals surface area (Å²) in [6.45, 7) is 22.8. The number of hydrogen-bond acceptors (Lipinski definition) is 15. The molecule has 0 bridgehead atoms. The first kappa shape index (κ1) is 115. The minimum atomic E-state index is -0.954. The lowest BCUT2D eigenvalue weighted by molar-refractivity contribution is -0.140. The van der Waals surface area contributed by atoms with Gasteiger partial charge in [0.1, 0.15) is 0 Å². The lowest BCUT2D eigenvalue weighted by Gasteiger charge is -2.38. The first-order chi connectivity index (χ1) is 38.5. The monoisotopic (exact) mass is 1320 g/mol. The van der Waals surface area contributed by atoms with Gasteiger partial charge in [0.2, 0.25) is 17.7 Å². The third-order valence-corrected chi connectivity index (χ3v) is 11.8. The second kappa shape index (κ2) is 68.1. The molecule has 0 heterocycles. The molecule has 29 heteroatoms. The van der Waals surface area contributed by atoms with Crippen LogP contribution in [0.1, 0.15) is 199 Å². The molecule has 0 saturated heterocycles. The zero-order chi connectivity index (χ0) is 64.0. The number of nitrogens with one attached hydrogen (secondary N) is 3. The summed E-state index contributed by atoms with van der Waals surface area (Å²) in [6.07, 6.45) is 9.62. The van der Waals surface area contributed by atoms with Gasteiger partial charge in [0, 0.05) is 112 Å². The number of carbonyl (C=O) groups is 6. The van der Waals surface area contributed by atoms with Crippen LogP contribution in [0.5, 0.6) is 0 Å². The summed E-state index contributed by atoms with van der Waals surface area (Å²) in [7, 11) is 31.8. The molecule has 0 spiro atoms. The van der Waals surface area contributed by atoms with Crippen LogP contribution in [-0.4, -0.2) is 216 Å². The van der Waals surface area contributed by atoms with Crippen molar-refractivity contribution in [2.45, 2.75) is 257 Å². The quantitative estimate of drug-likeness (QED) is 0.0195. The Kier molecular flexibility index (Phi) is 86.0. The van der Waals surface area contributed by atoms with Crippen molar-refractivity contribution >= 4 is 133 Å². The van der Waals surface area contributed by atoms with Crippen LogP contribution in [0.4, 0.5) is 0 Å². The van der Waals surface area contributed by atoms with Gasteiger partial charge >= 0.3 is 17.9 Å². The zero-order valence-corrected chi connectivity index (χ0v) is 50.9. The van der Waals surface area contributed by atoms with E-state index in [1.54, 1.807) is 42.9 Å². The Balaban J connectivity index is -0.0000000725. The third-order valence-electron chi connectivity index (χ3n) is 11.8. The molecule has 6 N–H and O–H groups in total. The lowest BCUT2D eigenvalue weighted by Crippen LogP contribution is -2.62. The highest BCUT2D eigenvalue weighted by Gasteiger charge is 2.40. The molecule has 3 rings (SSSR count). The molecule has 17 nitrogen and oxygen atoms in total. The van der Waals surface area contributed by atoms with Crippen molar-refractivity contribution in [2.75, 3.05) is 32.3 Å². The van der Waals surface area contributed by atoms with Crippen molar-refractivity contribution in [3.63, 3.8) is 0 Å². The molecule has 0 aromatic heterocycles. The Morgan fingerprint density at radius 1 is 0.560 bits per heavy atom. The van der Waals surface area contributed by atoms with Crippen LogP contribution in [0.3, 0.4) is 0 Å². The fourth-order valence-corrected chi connectivity index (χ4v) is 8.91. The maximum atomic E-state index is 12.2. The number of ether oxygens (including phenoxy) is 5. The van der Waals surface area contributed by atoms with E-state index in [2.05, 4.69) is 54.4 Å². The Bertz CT molecular complexity index is 1990. The topological polar surface area (TPSA) is 245 Å². The lowest BCUT2D eigenvalue weighted by atomic mass is 8.58. The van der Waals surface area contributed by atoms with E-state index in [0.29, 0.717) is 42.4 Å². The molecule has 3 aliphatic rings. The number of carboxylic acid groups (broad SMARTS) is 1. The van der Waals surface area contributed by atoms with Crippen molar-refractivity contribution in [1.82, 2.24) is 16.0 Å². The second-order valence-electron chi connectivity index (χ2n) is 19.6. The number of carbonyl (C=O) groups excluding carboxylic acids is 5. The number of aliphatic hydroxyl groups excluding tert-OH is 2. The normalized spacial score (nSPS) is 19.6. The molecule has 0 fully saturated rings. The first-order valence-electron chi connectivity index (χ1n) is 27.9. The minimum Gasteiger partial charge on any atom is -0.478 e. The second-order valence-corrected chi connectivity index (χ2v) is 19.6. The molecule has 3 aliphatic carbocycles. The molecule has 10 atom stereocenters. The van der Waals surface area contributed by atoms with Gasteiger partial charge in [-0.2, -0.15) is 25.3 Å². The van der Waals surface area contributed by atoms with Gasteiger partial charge < -0.3 is 55.0 Å². The van der Waals surface area contributed by atoms with Crippen molar-refractivity contribution in [1.29, 1.82) is 0 Å². The molecule has 0 aromatic carbocycles. The van der Waals surface area contributed by atoms with Gasteiger partial charge in [-0.05, 0) is 142 Å². The van der Waals surface area contributed by atoms with Crippen molar-refractivity contribution in [3.05, 3.63) is 60.3 Å². The summed E-state index contributed by atoms with van der Waals surface area (Å²) in [6, 6.07) is -0.856. The summed E-state index contributed by atoms with van der Waals surface area (Å²) in [5.41, 5.74) is 1.28. The van der Waals surface area contributed by atoms with Crippen LogP contribution in [0.2, 0.25) is 0 Å². The highest BCUT2D eigenvalue weighted by molar-refractivity contribution is 8.00. The Labute approximate surface area is 583 Å². The van der Waals surface area contributed by atoms with Crippen LogP contribution >= 0.6 is 25.3 Å². The molecule has 0 aliphatic heterocycles. The van der Waals surface area contributed by atoms with Gasteiger partial charge in [-0.15, -0.1) is 13.2 Å². The molecule has 520 valence electrons. The third kappa shape index (κ3) is 50.7. The van der Waals surface area contributed by atoms with Crippen LogP contribution in [0.15, 0.2) is 60.3 Å². The predicted octanol–water partition coefficient (Wildman–Crippen LogP) is 9.08. The highest BCUT2D eigenvalue weighted by Crippen LogP contribution is 2.34. The number of amides is 3. The molecular weight excluding hydrogens is 1180 g/mol. The van der Waals surface area contributed by atoms with Crippen molar-refractivity contribution in [3.8, 4) is 0 Å². The van der Waals surface area contributed by atoms with E-state index in [-0.39, 0.29) is 187 Å². The maximum Gasteiger partial charge on any atom is 0.333 e. The molecule has 0 aromatic rings. The summed E-state index contributed by atoms with van der Waals surface area (Å²) in [5.74, 6) is -2.67. The smallest absolute Gasteiger partial charge is 0.333 e. The van der Waals surface area contributed by atoms with E-state index in [9.17, 15) is 39.0 Å². The number of aliphatic hydroxyl groups is 2. The average molecular weight is 1320 g/mol. The number of esters is 2. The fourth-order valence-electron chi connectivity index (χ4n) is 8.91. The standard InChI is InChI=1S/C17H29NO6.C17H27NO4.C15H23NO4.2CH4S.11CH4.B10/c1-5-23-17(22)13-6-12(7-14(21)9-19)16(18-11(4)20)15(8-13)24-10(2)3;1-6-8-13-9-14(17(20)21-7-2)10-15(22-11(3)4)16(13)18-12(5)19;1-5-6-11-7-12(15(18)19)8-13(20-9(2)3)14(11)16-10(4)17;2*1-2;;;;;;;;;;;;1-7(2)10(8(3)4)9(5)6/h8,10,12,14-16,19,21H,5-7,9H2,1-4H3,(H,18,20);6,10-11,13,15-16H,1,7-9H2,2-5H3,(H,18,19);5,8-9,11,13-14H,1,6-7H2,2-4H3,(H,16,17)(H,18,19);2*2H,1H3;11*1H4;/t12-,14?,15-,16-;13-,15+,16+;11-,13+,14+;;;;;;;;;;;;;;/m100............../s1/i1T;2T;;;;;;;;;;;;;;;. The molecular formula is C62H131B10N3O14S2. The van der Waals surface area contributed by atoms with Crippen LogP contribution in [0, 0.1) is 17.8 Å². The van der Waals surface area contributed by atoms with Gasteiger partial charge in [0.05, 0.1) is 80.7 Å². The highest BCUT2D eigenvalue weighted by atomic mass is 32.1. The molecule has 1 unspecified atom stereocenters. The number of thiol groups is 2. The maximum absolute atomic E-state index is 12.2. The predicted molar refractivity (Wildman–Crippen MR) is 411 cm³/mol. The van der Waals surface area contributed by atoms with Gasteiger partial charge in [0.15, 0.2) is 0 Å². The number of rotatable bonds is 24. The van der Waals surface area contributed by atoms with E-state index < -0.39 is 80.5 Å². The first-order valence-corrected chi connectivity index (χ1v) is 28.3. The van der Waals surface area contributed by atoms with E-state index >= 15 is 0 Å². The van der Waals surface area contributed by atoms with E-state index in [1.165, 1.54) is 20.8 Å². The van der Waals surface area contributed by atoms with Gasteiger partial charge in [-0.1, -0.05) is 93.8 Å². The zero-order valence-electron chi connectivity index (χ0n) is 51.1. The SMILES string of the molecule is C.C.C.C.C.C.C.C.C.C.C.C=CC[C@H]1CC(C(=O)O)=C[C@@H](OC(C)C)[C@@H]1NC(C)=O.CS.CS.[3H]CCOC(=O)C1=C[C@@H](OC(C)C)[C@H](NC(C)=O)[C@@H](CC(O)CO)C1.[3H]CCOC(=O)C1=C[C@@H](OC(C)C)[C@H](NC(C)=O)[C@@H](CC=C)C1.[B]B([B])B(B([B])[B])B([B])[B].